The van der Waals surface area contributed by atoms with E-state index in [9.17, 15) is 0 Å². The molecular weight excluding hydrogens is 597 g/mol. The number of hydrogen-bond donors (Lipinski definition) is 2. The fraction of sp³-hybridized carbons (Fsp3) is 0. The van der Waals surface area contributed by atoms with Crippen LogP contribution in [0.2, 0.25) is 0 Å². The molecule has 49 heavy (non-hydrogen) atoms. The van der Waals surface area contributed by atoms with E-state index in [0.717, 1.165) is 72.4 Å². The lowest BCUT2D eigenvalue weighted by atomic mass is 9.94. The van der Waals surface area contributed by atoms with E-state index in [-0.39, 0.29) is 0 Å². The fourth-order valence-corrected chi connectivity index (χ4v) is 6.35. The van der Waals surface area contributed by atoms with Crippen LogP contribution in [0.1, 0.15) is 11.1 Å². The van der Waals surface area contributed by atoms with Gasteiger partial charge in [-0.15, -0.1) is 0 Å². The zero-order valence-corrected chi connectivity index (χ0v) is 26.9. The quantitative estimate of drug-likeness (QED) is 0.156. The van der Waals surface area contributed by atoms with E-state index in [4.69, 9.17) is 4.42 Å². The zero-order valence-electron chi connectivity index (χ0n) is 26.9. The van der Waals surface area contributed by atoms with Crippen molar-refractivity contribution in [3.63, 3.8) is 0 Å². The minimum absolute atomic E-state index is 0.865. The van der Waals surface area contributed by atoms with Gasteiger partial charge < -0.3 is 15.1 Å². The van der Waals surface area contributed by atoms with Gasteiger partial charge in [0.25, 0.3) is 0 Å². The van der Waals surface area contributed by atoms with Gasteiger partial charge in [-0.05, 0) is 87.7 Å². The standard InChI is InChI=1S/C46H34N2O/c1-32(33-13-4-2-5-14-33)29-37(27-28-47-39-25-23-34-15-8-9-16-35(34)30-39)36-24-26-44(48-38-17-6-3-7-18-38)43(31-36)42-21-12-20-41-40-19-10-11-22-45(40)49-46(41)42/h2-31,47-48H,1H2/b28-27-,37-29+. The summed E-state index contributed by atoms with van der Waals surface area (Å²) in [6.07, 6.45) is 6.28. The maximum Gasteiger partial charge on any atom is 0.143 e. The highest BCUT2D eigenvalue weighted by Gasteiger charge is 2.16. The Kier molecular flexibility index (Phi) is 8.07. The Morgan fingerprint density at radius 3 is 2.14 bits per heavy atom. The molecule has 0 fully saturated rings. The van der Waals surface area contributed by atoms with Gasteiger partial charge in [-0.3, -0.25) is 0 Å². The van der Waals surface area contributed by atoms with Crippen LogP contribution >= 0.6 is 0 Å². The molecule has 8 rings (SSSR count). The SMILES string of the molecule is C=C(/C=C(\C=C/Nc1ccc2ccccc2c1)c1ccc(Nc2ccccc2)c(-c2cccc3c2oc2ccccc23)c1)c1ccccc1. The third-order valence-corrected chi connectivity index (χ3v) is 8.84. The van der Waals surface area contributed by atoms with Crippen molar-refractivity contribution >= 4 is 60.9 Å². The van der Waals surface area contributed by atoms with E-state index in [2.05, 4.69) is 145 Å². The molecule has 2 N–H and O–H groups in total. The van der Waals surface area contributed by atoms with E-state index in [1.807, 2.05) is 54.7 Å². The summed E-state index contributed by atoms with van der Waals surface area (Å²) < 4.78 is 6.53. The van der Waals surface area contributed by atoms with Crippen LogP contribution < -0.4 is 10.6 Å². The summed E-state index contributed by atoms with van der Waals surface area (Å²) in [5.41, 5.74) is 10.9. The Morgan fingerprint density at radius 1 is 0.551 bits per heavy atom. The van der Waals surface area contributed by atoms with Crippen LogP contribution in [0.5, 0.6) is 0 Å². The molecule has 3 nitrogen and oxygen atoms in total. The molecule has 0 spiro atoms. The number of anilines is 3. The first-order valence-electron chi connectivity index (χ1n) is 16.4. The minimum Gasteiger partial charge on any atom is -0.455 e. The number of fused-ring (bicyclic) bond motifs is 4. The second-order valence-corrected chi connectivity index (χ2v) is 12.1. The molecule has 0 aliphatic rings. The second kappa shape index (κ2) is 13.3. The maximum atomic E-state index is 6.53. The largest absolute Gasteiger partial charge is 0.455 e. The van der Waals surface area contributed by atoms with Crippen LogP contribution in [0.15, 0.2) is 193 Å². The van der Waals surface area contributed by atoms with Gasteiger partial charge in [-0.1, -0.05) is 128 Å². The molecule has 0 aliphatic carbocycles. The molecule has 1 heterocycles. The molecule has 0 atom stereocenters. The van der Waals surface area contributed by atoms with E-state index < -0.39 is 0 Å². The van der Waals surface area contributed by atoms with Crippen molar-refractivity contribution in [1.82, 2.24) is 0 Å². The zero-order chi connectivity index (χ0) is 33.0. The second-order valence-electron chi connectivity index (χ2n) is 12.1. The summed E-state index contributed by atoms with van der Waals surface area (Å²) in [6.45, 7) is 4.45. The molecule has 0 unspecified atom stereocenters. The molecule has 3 heteroatoms. The van der Waals surface area contributed by atoms with Crippen molar-refractivity contribution in [2.75, 3.05) is 10.6 Å². The number of para-hydroxylation sites is 3. The Balaban J connectivity index is 1.25. The highest BCUT2D eigenvalue weighted by atomic mass is 16.3. The van der Waals surface area contributed by atoms with Gasteiger partial charge in [0.05, 0.1) is 0 Å². The van der Waals surface area contributed by atoms with Crippen LogP contribution in [0.25, 0.3) is 55.0 Å². The highest BCUT2D eigenvalue weighted by Crippen LogP contribution is 2.40. The summed E-state index contributed by atoms with van der Waals surface area (Å²) in [5.74, 6) is 0. The molecule has 0 bridgehead atoms. The van der Waals surface area contributed by atoms with Crippen LogP contribution in [-0.4, -0.2) is 0 Å². The van der Waals surface area contributed by atoms with Gasteiger partial charge in [0.1, 0.15) is 11.2 Å². The monoisotopic (exact) mass is 630 g/mol. The Morgan fingerprint density at radius 2 is 1.29 bits per heavy atom. The third kappa shape index (κ3) is 6.26. The molecule has 7 aromatic carbocycles. The van der Waals surface area contributed by atoms with E-state index in [0.29, 0.717) is 0 Å². The molecule has 8 aromatic rings. The number of allylic oxidation sites excluding steroid dienone is 4. The number of rotatable bonds is 9. The van der Waals surface area contributed by atoms with Crippen molar-refractivity contribution in [2.45, 2.75) is 0 Å². The van der Waals surface area contributed by atoms with Gasteiger partial charge in [0.15, 0.2) is 0 Å². The number of benzene rings is 7. The summed E-state index contributed by atoms with van der Waals surface area (Å²) in [6, 6.07) is 56.6. The molecule has 0 radical (unpaired) electrons. The van der Waals surface area contributed by atoms with Crippen molar-refractivity contribution in [3.8, 4) is 11.1 Å². The summed E-state index contributed by atoms with van der Waals surface area (Å²) in [7, 11) is 0. The average molecular weight is 631 g/mol. The molecule has 0 aliphatic heterocycles. The van der Waals surface area contributed by atoms with E-state index >= 15 is 0 Å². The first kappa shape index (κ1) is 29.8. The van der Waals surface area contributed by atoms with Gasteiger partial charge in [-0.25, -0.2) is 0 Å². The van der Waals surface area contributed by atoms with Crippen LogP contribution in [0.4, 0.5) is 17.1 Å². The number of furan rings is 1. The summed E-state index contributed by atoms with van der Waals surface area (Å²) in [4.78, 5) is 0. The Labute approximate surface area is 286 Å². The summed E-state index contributed by atoms with van der Waals surface area (Å²) >= 11 is 0. The minimum atomic E-state index is 0.865. The highest BCUT2D eigenvalue weighted by molar-refractivity contribution is 6.10. The van der Waals surface area contributed by atoms with Crippen molar-refractivity contribution < 1.29 is 4.42 Å². The Hall–Kier alpha value is -6.58. The van der Waals surface area contributed by atoms with E-state index in [1.165, 1.54) is 10.8 Å². The first-order valence-corrected chi connectivity index (χ1v) is 16.4. The smallest absolute Gasteiger partial charge is 0.143 e. The molecule has 0 saturated carbocycles. The lowest BCUT2D eigenvalue weighted by molar-refractivity contribution is 0.670. The molecular formula is C46H34N2O. The summed E-state index contributed by atoms with van der Waals surface area (Å²) in [5, 5.41) is 11.8. The average Bonchev–Trinajstić information content (AvgIpc) is 3.54. The van der Waals surface area contributed by atoms with Gasteiger partial charge in [-0.2, -0.15) is 0 Å². The van der Waals surface area contributed by atoms with Gasteiger partial charge >= 0.3 is 0 Å². The van der Waals surface area contributed by atoms with E-state index in [1.54, 1.807) is 0 Å². The third-order valence-electron chi connectivity index (χ3n) is 8.84. The molecule has 0 saturated heterocycles. The predicted molar refractivity (Wildman–Crippen MR) is 209 cm³/mol. The van der Waals surface area contributed by atoms with Crippen molar-refractivity contribution in [3.05, 3.63) is 200 Å². The van der Waals surface area contributed by atoms with Crippen molar-refractivity contribution in [1.29, 1.82) is 0 Å². The molecule has 234 valence electrons. The fourth-order valence-electron chi connectivity index (χ4n) is 6.35. The topological polar surface area (TPSA) is 37.2 Å². The predicted octanol–water partition coefficient (Wildman–Crippen LogP) is 12.9. The molecule has 1 aromatic heterocycles. The number of nitrogens with one attached hydrogen (secondary N) is 2. The lowest BCUT2D eigenvalue weighted by Gasteiger charge is -2.16. The van der Waals surface area contributed by atoms with Crippen molar-refractivity contribution in [2.24, 2.45) is 0 Å². The molecule has 0 amide bonds. The Bertz CT molecular complexity index is 2500. The lowest BCUT2D eigenvalue weighted by Crippen LogP contribution is -1.96. The van der Waals surface area contributed by atoms with Gasteiger partial charge in [0, 0.05) is 45.2 Å². The van der Waals surface area contributed by atoms with Crippen LogP contribution in [0.3, 0.4) is 0 Å². The van der Waals surface area contributed by atoms with Crippen LogP contribution in [0, 0.1) is 0 Å². The van der Waals surface area contributed by atoms with Gasteiger partial charge in [0.2, 0.25) is 0 Å². The normalized spacial score (nSPS) is 11.8. The first-order chi connectivity index (χ1) is 24.2. The van der Waals surface area contributed by atoms with Crippen LogP contribution in [-0.2, 0) is 0 Å². The number of hydrogen-bond acceptors (Lipinski definition) is 3. The maximum absolute atomic E-state index is 6.53.